The lowest BCUT2D eigenvalue weighted by Gasteiger charge is -2.26. The topological polar surface area (TPSA) is 563 Å². The molecule has 7 rings (SSSR count). The number of hydrogen-bond donors (Lipinski definition) is 16. The van der Waals surface area contributed by atoms with Gasteiger partial charge in [0.25, 0.3) is 0 Å². The molecule has 600 valence electrons. The number of guanidine groups is 1. The number of phenolic OH excluding ortho intramolecular Hbond substituents is 1. The van der Waals surface area contributed by atoms with E-state index in [0.29, 0.717) is 24.1 Å². The van der Waals surface area contributed by atoms with Gasteiger partial charge < -0.3 is 79.9 Å². The Morgan fingerprint density at radius 3 is 1.91 bits per heavy atom. The average Bonchev–Trinajstić information content (AvgIpc) is 1.62. The van der Waals surface area contributed by atoms with Crippen molar-refractivity contribution in [2.75, 3.05) is 26.3 Å². The molecule has 6 amide bonds. The normalized spacial score (nSPS) is 14.1. The van der Waals surface area contributed by atoms with Crippen molar-refractivity contribution < 1.29 is 77.6 Å². The summed E-state index contributed by atoms with van der Waals surface area (Å²) >= 11 is 0. The highest BCUT2D eigenvalue weighted by molar-refractivity contribution is 5.99. The predicted molar refractivity (Wildman–Crippen MR) is 410 cm³/mol. The molecule has 34 nitrogen and oxygen atoms in total. The van der Waals surface area contributed by atoms with E-state index in [0.717, 1.165) is 32.0 Å². The highest BCUT2D eigenvalue weighted by Gasteiger charge is 2.37. The second-order valence-electron chi connectivity index (χ2n) is 28.1. The van der Waals surface area contributed by atoms with Crippen LogP contribution in [0, 0.1) is 29.1 Å². The van der Waals surface area contributed by atoms with Gasteiger partial charge in [-0.15, -0.1) is 0 Å². The molecule has 4 aromatic carbocycles. The number of carboxylic acids is 1. The van der Waals surface area contributed by atoms with Gasteiger partial charge in [-0.05, 0) is 129 Å². The summed E-state index contributed by atoms with van der Waals surface area (Å²) in [4.78, 5) is 200. The number of Topliss-reactive ketones (excluding diaryl/α,β-unsaturated/α-hetero) is 5. The number of benzene rings is 4. The zero-order valence-electron chi connectivity index (χ0n) is 62.7. The molecule has 112 heavy (non-hydrogen) atoms. The number of amides is 6. The Balaban J connectivity index is 1.06. The zero-order valence-corrected chi connectivity index (χ0v) is 62.7. The fourth-order valence-electron chi connectivity index (χ4n) is 12.8. The minimum Gasteiger partial charge on any atom is -0.506 e. The Morgan fingerprint density at radius 2 is 1.27 bits per heavy atom. The summed E-state index contributed by atoms with van der Waals surface area (Å²) in [6, 6.07) is 17.3. The SMILES string of the molecule is CC(=O)COc1ccc(-n2c(=O)[nH]n(-c3cc(CC(NC(=O)CCC(=O)C(Cc4ccccc4)NC(=O)C(CC(=O)C(CCCNC(=N)N)NC(=O)C(CCCCN)CC(=O)C(CCC(N)=O)NC(=O)C(CO)CC(=O)C(CC4=CCc5ccccc54)NC(=O)C(N)C(C)C)Cc4c[nH]cn4)C(=O)O)ccc3O)c2=O)cc1. The van der Waals surface area contributed by atoms with Crippen molar-refractivity contribution in [3.8, 4) is 22.9 Å². The van der Waals surface area contributed by atoms with Crippen LogP contribution in [0.15, 0.2) is 125 Å². The van der Waals surface area contributed by atoms with Gasteiger partial charge in [0.1, 0.15) is 29.8 Å². The number of aliphatic carboxylic acids is 1. The second kappa shape index (κ2) is 42.8. The molecule has 1 aliphatic rings. The Morgan fingerprint density at radius 1 is 0.652 bits per heavy atom. The van der Waals surface area contributed by atoms with Gasteiger partial charge in [-0.2, -0.15) is 4.68 Å². The quantitative estimate of drug-likeness (QED) is 0.0144. The van der Waals surface area contributed by atoms with E-state index in [4.69, 9.17) is 33.1 Å². The van der Waals surface area contributed by atoms with Crippen molar-refractivity contribution in [1.29, 1.82) is 5.41 Å². The van der Waals surface area contributed by atoms with E-state index in [-0.39, 0.29) is 105 Å². The summed E-state index contributed by atoms with van der Waals surface area (Å²) in [7, 11) is 0. The van der Waals surface area contributed by atoms with E-state index in [1.54, 1.807) is 44.2 Å². The van der Waals surface area contributed by atoms with E-state index in [9.17, 15) is 82.4 Å². The van der Waals surface area contributed by atoms with Crippen LogP contribution in [0.2, 0.25) is 0 Å². The number of aromatic nitrogens is 5. The molecule has 2 aromatic heterocycles. The summed E-state index contributed by atoms with van der Waals surface area (Å²) in [5, 5.41) is 57.9. The Bertz CT molecular complexity index is 4480. The van der Waals surface area contributed by atoms with Gasteiger partial charge in [0.05, 0.1) is 66.4 Å². The molecule has 0 radical (unpaired) electrons. The lowest BCUT2D eigenvalue weighted by Crippen LogP contribution is -2.51. The summed E-state index contributed by atoms with van der Waals surface area (Å²) in [5.74, 6) is -14.3. The molecule has 2 heterocycles. The van der Waals surface area contributed by atoms with Gasteiger partial charge in [0.2, 0.25) is 35.4 Å². The van der Waals surface area contributed by atoms with Crippen LogP contribution in [-0.2, 0) is 83.2 Å². The van der Waals surface area contributed by atoms with Crippen LogP contribution in [0.4, 0.5) is 0 Å². The number of H-pyrrole nitrogens is 2. The smallest absolute Gasteiger partial charge is 0.356 e. The number of allylic oxidation sites excluding steroid dienone is 1. The zero-order chi connectivity index (χ0) is 81.7. The number of unbranched alkanes of at least 4 members (excludes halogenated alkanes) is 1. The number of carbonyl (C=O) groups is 12. The number of primary amides is 1. The lowest BCUT2D eigenvalue weighted by atomic mass is 9.88. The maximum absolute atomic E-state index is 15.0. The molecule has 34 heteroatoms. The molecule has 9 unspecified atom stereocenters. The molecule has 9 atom stereocenters. The van der Waals surface area contributed by atoms with Crippen LogP contribution in [0.5, 0.6) is 11.5 Å². The number of aliphatic hydroxyl groups excluding tert-OH is 1. The number of aliphatic hydroxyl groups is 1. The number of ketones is 5. The fourth-order valence-corrected chi connectivity index (χ4v) is 12.8. The number of aromatic amines is 2. The molecule has 6 aromatic rings. The first-order valence-corrected chi connectivity index (χ1v) is 37.0. The van der Waals surface area contributed by atoms with Crippen LogP contribution in [-0.4, -0.2) is 178 Å². The number of fused-ring (bicyclic) bond motifs is 1. The van der Waals surface area contributed by atoms with Crippen molar-refractivity contribution in [2.24, 2.45) is 46.6 Å². The largest absolute Gasteiger partial charge is 0.506 e. The molecule has 20 N–H and O–H groups in total. The predicted octanol–water partition coefficient (Wildman–Crippen LogP) is 0.988. The molecule has 0 spiro atoms. The number of imidazole rings is 1. The van der Waals surface area contributed by atoms with Crippen molar-refractivity contribution in [2.45, 2.75) is 166 Å². The maximum atomic E-state index is 15.0. The van der Waals surface area contributed by atoms with E-state index in [1.165, 1.54) is 55.8 Å². The number of phenols is 1. The minimum absolute atomic E-state index is 0.0109. The number of nitrogens with zero attached hydrogens (tertiary/aromatic N) is 3. The van der Waals surface area contributed by atoms with E-state index < -0.39 is 193 Å². The number of carbonyl (C=O) groups excluding carboxylic acids is 11. The Kier molecular flexibility index (Phi) is 33.3. The second-order valence-corrected chi connectivity index (χ2v) is 28.1. The number of carboxylic acid groups (broad SMARTS) is 1. The third kappa shape index (κ3) is 26.3. The summed E-state index contributed by atoms with van der Waals surface area (Å²) in [6.07, 6.45) is 1.59. The van der Waals surface area contributed by atoms with Gasteiger partial charge >= 0.3 is 17.3 Å². The van der Waals surface area contributed by atoms with Gasteiger partial charge in [-0.1, -0.05) is 87.0 Å². The molecular formula is C78H100N16O18. The lowest BCUT2D eigenvalue weighted by molar-refractivity contribution is -0.142. The van der Waals surface area contributed by atoms with E-state index in [1.807, 2.05) is 30.3 Å². The van der Waals surface area contributed by atoms with Gasteiger partial charge in [-0.25, -0.2) is 29.0 Å². The standard InChI is InChI=1S/C78H100N16O18/c1-44(2)70(81)74(107)91-60(36-49-20-19-48-14-7-8-16-56(48)49)67(101)39-52(41-95)73(106)89-58(25-28-68(80)102)65(99)37-50(15-9-10-30-79)71(104)88-57(17-11-31-85-76(82)83)66(100)38-51(35-53-40-84-43-86-53)72(105)90-59(32-46-12-5-4-6-13-46)63(97)27-29-69(103)87-61(75(108)109)33-47-18-26-64(98)62(34-47)94-78(111)93(77(110)92-94)54-21-23-55(24-22-54)112-42-45(3)96/h4-8,12-14,16,18,20-24,26,34,40,43-44,50-52,57-61,70,95,98H,9-11,15,17,19,25,27-33,35-39,41-42,79,81H2,1-3H3,(H2,80,102)(H,84,86)(H,87,103)(H,88,104)(H,89,106)(H,90,105)(H,91,107)(H,92,110)(H,108,109)(H4,82,83,85). The summed E-state index contributed by atoms with van der Waals surface area (Å²) < 4.78 is 6.86. The monoisotopic (exact) mass is 1550 g/mol. The van der Waals surface area contributed by atoms with Gasteiger partial charge in [-0.3, -0.25) is 58.1 Å². The van der Waals surface area contributed by atoms with Gasteiger partial charge in [0.15, 0.2) is 34.9 Å². The number of nitrogens with one attached hydrogen (secondary N) is 9. The maximum Gasteiger partial charge on any atom is 0.356 e. The number of hydrogen-bond acceptors (Lipinski definition) is 21. The van der Waals surface area contributed by atoms with Crippen molar-refractivity contribution in [1.82, 2.24) is 56.2 Å². The first-order chi connectivity index (χ1) is 53.4. The molecule has 0 fully saturated rings. The van der Waals surface area contributed by atoms with Crippen molar-refractivity contribution in [3.63, 3.8) is 0 Å². The number of rotatable bonds is 49. The molecule has 0 saturated heterocycles. The van der Waals surface area contributed by atoms with Crippen LogP contribution in [0.1, 0.15) is 132 Å². The highest BCUT2D eigenvalue weighted by Crippen LogP contribution is 2.32. The minimum atomic E-state index is -1.65. The van der Waals surface area contributed by atoms with Crippen LogP contribution in [0.25, 0.3) is 16.9 Å². The van der Waals surface area contributed by atoms with Crippen molar-refractivity contribution in [3.05, 3.63) is 165 Å². The Hall–Kier alpha value is -12.0. The highest BCUT2D eigenvalue weighted by atomic mass is 16.5. The van der Waals surface area contributed by atoms with E-state index in [2.05, 4.69) is 47.0 Å². The van der Waals surface area contributed by atoms with Crippen LogP contribution < -0.4 is 71.0 Å². The summed E-state index contributed by atoms with van der Waals surface area (Å²) in [6.45, 7) is 3.95. The first-order valence-electron chi connectivity index (χ1n) is 37.0. The van der Waals surface area contributed by atoms with Crippen LogP contribution in [0.3, 0.4) is 0 Å². The number of nitrogens with two attached hydrogens (primary N) is 4. The number of ether oxygens (including phenoxy) is 1. The molecular weight excluding hydrogens is 1450 g/mol. The summed E-state index contributed by atoms with van der Waals surface area (Å²) in [5.41, 5.74) is 24.9. The Labute approximate surface area is 644 Å². The van der Waals surface area contributed by atoms with Gasteiger partial charge in [0, 0.05) is 76.4 Å². The van der Waals surface area contributed by atoms with Crippen LogP contribution >= 0.6 is 0 Å². The first kappa shape index (κ1) is 87.2. The molecule has 0 aliphatic heterocycles. The van der Waals surface area contributed by atoms with Crippen molar-refractivity contribution >= 4 is 81.9 Å². The van der Waals surface area contributed by atoms with E-state index >= 15 is 0 Å². The third-order valence-corrected chi connectivity index (χ3v) is 19.1. The fraction of sp³-hybridized carbons (Fsp3) is 0.436. The number of aromatic hydroxyl groups is 1. The average molecular weight is 1550 g/mol. The molecule has 0 saturated carbocycles. The molecule has 1 aliphatic carbocycles. The third-order valence-electron chi connectivity index (χ3n) is 19.1. The molecule has 0 bridgehead atoms.